The lowest BCUT2D eigenvalue weighted by Gasteiger charge is -2.17. The molecule has 0 fully saturated rings. The summed E-state index contributed by atoms with van der Waals surface area (Å²) < 4.78 is 0.850. The molecular formula is C19H16BrN3O4. The van der Waals surface area contributed by atoms with Gasteiger partial charge >= 0.3 is 0 Å². The van der Waals surface area contributed by atoms with Gasteiger partial charge in [0.25, 0.3) is 11.8 Å². The minimum atomic E-state index is -0.602. The van der Waals surface area contributed by atoms with E-state index >= 15 is 0 Å². The van der Waals surface area contributed by atoms with Crippen LogP contribution in [-0.4, -0.2) is 29.8 Å². The zero-order valence-corrected chi connectivity index (χ0v) is 15.9. The van der Waals surface area contributed by atoms with Crippen LogP contribution in [0.5, 0.6) is 0 Å². The van der Waals surface area contributed by atoms with Crippen molar-refractivity contribution in [1.82, 2.24) is 5.48 Å². The second kappa shape index (κ2) is 8.15. The van der Waals surface area contributed by atoms with Crippen LogP contribution in [0.15, 0.2) is 58.2 Å². The third-order valence-corrected chi connectivity index (χ3v) is 4.49. The Morgan fingerprint density at radius 3 is 2.70 bits per heavy atom. The molecule has 0 aliphatic carbocycles. The molecule has 2 aromatic rings. The number of rotatable bonds is 5. The van der Waals surface area contributed by atoms with Gasteiger partial charge in [0.15, 0.2) is 5.71 Å². The van der Waals surface area contributed by atoms with Gasteiger partial charge in [-0.15, -0.1) is 0 Å². The molecule has 2 aromatic carbocycles. The Labute approximate surface area is 164 Å². The molecule has 3 rings (SSSR count). The number of hydrogen-bond acceptors (Lipinski definition) is 5. The molecule has 0 bridgehead atoms. The Balaban J connectivity index is 1.84. The first kappa shape index (κ1) is 18.8. The van der Waals surface area contributed by atoms with E-state index in [0.29, 0.717) is 12.1 Å². The lowest BCUT2D eigenvalue weighted by Crippen LogP contribution is -2.29. The lowest BCUT2D eigenvalue weighted by atomic mass is 10.1. The fourth-order valence-corrected chi connectivity index (χ4v) is 3.11. The third kappa shape index (κ3) is 4.07. The number of carbonyl (C=O) groups is 2. The van der Waals surface area contributed by atoms with Crippen molar-refractivity contribution in [1.29, 1.82) is 0 Å². The zero-order chi connectivity index (χ0) is 19.4. The summed E-state index contributed by atoms with van der Waals surface area (Å²) in [6.45, 7) is 0.372. The normalized spacial score (nSPS) is 14.7. The first-order valence-electron chi connectivity index (χ1n) is 7.97. The highest BCUT2D eigenvalue weighted by Gasteiger charge is 2.34. The molecule has 0 atom stereocenters. The molecule has 0 spiro atoms. The minimum Gasteiger partial charge on any atom is -0.398 e. The van der Waals surface area contributed by atoms with Crippen molar-refractivity contribution in [3.05, 3.63) is 69.7 Å². The van der Waals surface area contributed by atoms with Gasteiger partial charge in [0.1, 0.15) is 7.11 Å². The molecular weight excluding hydrogens is 414 g/mol. The zero-order valence-electron chi connectivity index (χ0n) is 14.3. The molecule has 0 aromatic heterocycles. The number of fused-ring (bicyclic) bond motifs is 1. The van der Waals surface area contributed by atoms with Crippen molar-refractivity contribution in [3.63, 3.8) is 0 Å². The van der Waals surface area contributed by atoms with Gasteiger partial charge in [-0.1, -0.05) is 45.4 Å². The number of carbonyl (C=O) groups excluding carboxylic acids is 2. The second-order valence-corrected chi connectivity index (χ2v) is 6.64. The largest absolute Gasteiger partial charge is 0.398 e. The Morgan fingerprint density at radius 2 is 2.04 bits per heavy atom. The van der Waals surface area contributed by atoms with E-state index in [1.54, 1.807) is 11.0 Å². The van der Waals surface area contributed by atoms with Gasteiger partial charge in [-0.3, -0.25) is 14.8 Å². The quantitative estimate of drug-likeness (QED) is 0.434. The topological polar surface area (TPSA) is 91.2 Å². The van der Waals surface area contributed by atoms with E-state index in [-0.39, 0.29) is 11.6 Å². The molecule has 27 heavy (non-hydrogen) atoms. The number of anilines is 1. The van der Waals surface area contributed by atoms with Crippen LogP contribution in [0.2, 0.25) is 0 Å². The Morgan fingerprint density at radius 1 is 1.30 bits per heavy atom. The Kier molecular flexibility index (Phi) is 5.68. The van der Waals surface area contributed by atoms with Crippen LogP contribution in [0.3, 0.4) is 0 Å². The van der Waals surface area contributed by atoms with Crippen LogP contribution in [0.4, 0.5) is 5.69 Å². The van der Waals surface area contributed by atoms with Crippen molar-refractivity contribution >= 4 is 45.2 Å². The summed E-state index contributed by atoms with van der Waals surface area (Å²) in [5.74, 6) is -0.831. The molecule has 138 valence electrons. The van der Waals surface area contributed by atoms with Crippen molar-refractivity contribution in [2.24, 2.45) is 5.16 Å². The van der Waals surface area contributed by atoms with E-state index in [1.165, 1.54) is 18.7 Å². The van der Waals surface area contributed by atoms with Crippen LogP contribution in [-0.2, 0) is 21.0 Å². The summed E-state index contributed by atoms with van der Waals surface area (Å²) in [4.78, 5) is 30.3. The molecule has 1 aliphatic heterocycles. The van der Waals surface area contributed by atoms with Crippen LogP contribution >= 0.6 is 15.9 Å². The predicted octanol–water partition coefficient (Wildman–Crippen LogP) is 2.87. The fraction of sp³-hybridized carbons (Fsp3) is 0.105. The smallest absolute Gasteiger partial charge is 0.281 e. The van der Waals surface area contributed by atoms with Crippen molar-refractivity contribution in [2.75, 3.05) is 12.0 Å². The summed E-state index contributed by atoms with van der Waals surface area (Å²) in [6, 6.07) is 13.0. The maximum atomic E-state index is 12.8. The van der Waals surface area contributed by atoms with E-state index in [1.807, 2.05) is 42.5 Å². The molecule has 8 heteroatoms. The van der Waals surface area contributed by atoms with Crippen LogP contribution in [0.25, 0.3) is 6.08 Å². The number of nitrogens with one attached hydrogen (secondary N) is 1. The summed E-state index contributed by atoms with van der Waals surface area (Å²) in [5, 5.41) is 12.4. The SMILES string of the molecule is CO/N=C1\C(=O)N(Cc2ccc(/C=C/C(=O)NO)cc2)c2ccc(Br)cc21. The highest BCUT2D eigenvalue weighted by atomic mass is 79.9. The van der Waals surface area contributed by atoms with Gasteiger partial charge in [0.05, 0.1) is 12.2 Å². The highest BCUT2D eigenvalue weighted by Crippen LogP contribution is 2.33. The highest BCUT2D eigenvalue weighted by molar-refractivity contribution is 9.10. The van der Waals surface area contributed by atoms with Gasteiger partial charge in [0.2, 0.25) is 0 Å². The number of hydrogen-bond donors (Lipinski definition) is 2. The van der Waals surface area contributed by atoms with E-state index in [4.69, 9.17) is 10.0 Å². The molecule has 2 N–H and O–H groups in total. The van der Waals surface area contributed by atoms with Crippen LogP contribution < -0.4 is 10.4 Å². The molecule has 2 amide bonds. The van der Waals surface area contributed by atoms with Gasteiger partial charge in [0, 0.05) is 16.1 Å². The van der Waals surface area contributed by atoms with E-state index < -0.39 is 5.91 Å². The molecule has 1 heterocycles. The molecule has 0 unspecified atom stereocenters. The van der Waals surface area contributed by atoms with E-state index in [9.17, 15) is 9.59 Å². The van der Waals surface area contributed by atoms with Gasteiger partial charge in [-0.25, -0.2) is 5.48 Å². The molecule has 0 radical (unpaired) electrons. The molecule has 0 saturated carbocycles. The third-order valence-electron chi connectivity index (χ3n) is 3.99. The molecule has 0 saturated heterocycles. The predicted molar refractivity (Wildman–Crippen MR) is 104 cm³/mol. The van der Waals surface area contributed by atoms with E-state index in [0.717, 1.165) is 21.3 Å². The standard InChI is InChI=1S/C19H16BrN3O4/c1-27-22-18-15-10-14(20)7-8-16(15)23(19(18)25)11-13-4-2-12(3-5-13)6-9-17(24)21-26/h2-10,26H,11H2,1H3,(H,21,24)/b9-6+,22-18-. The van der Waals surface area contributed by atoms with Crippen LogP contribution in [0, 0.1) is 0 Å². The number of benzene rings is 2. The minimum absolute atomic E-state index is 0.228. The Hall–Kier alpha value is -2.97. The summed E-state index contributed by atoms with van der Waals surface area (Å²) in [6.07, 6.45) is 2.80. The van der Waals surface area contributed by atoms with Gasteiger partial charge in [-0.2, -0.15) is 0 Å². The van der Waals surface area contributed by atoms with Crippen LogP contribution in [0.1, 0.15) is 16.7 Å². The molecule has 7 nitrogen and oxygen atoms in total. The number of nitrogens with zero attached hydrogens (tertiary/aromatic N) is 2. The Bertz CT molecular complexity index is 938. The number of hydroxylamine groups is 1. The van der Waals surface area contributed by atoms with E-state index in [2.05, 4.69) is 21.1 Å². The average Bonchev–Trinajstić information content (AvgIpc) is 2.92. The first-order chi connectivity index (χ1) is 13.0. The number of amides is 2. The summed E-state index contributed by atoms with van der Waals surface area (Å²) in [5.41, 5.74) is 4.99. The lowest BCUT2D eigenvalue weighted by molar-refractivity contribution is -0.124. The van der Waals surface area contributed by atoms with Crippen molar-refractivity contribution < 1.29 is 19.6 Å². The van der Waals surface area contributed by atoms with Gasteiger partial charge < -0.3 is 9.74 Å². The summed E-state index contributed by atoms with van der Waals surface area (Å²) in [7, 11) is 1.41. The fourth-order valence-electron chi connectivity index (χ4n) is 2.75. The van der Waals surface area contributed by atoms with Crippen molar-refractivity contribution in [2.45, 2.75) is 6.54 Å². The van der Waals surface area contributed by atoms with Gasteiger partial charge in [-0.05, 0) is 35.4 Å². The summed E-state index contributed by atoms with van der Waals surface area (Å²) >= 11 is 3.41. The first-order valence-corrected chi connectivity index (χ1v) is 8.77. The maximum absolute atomic E-state index is 12.8. The number of halogens is 1. The molecule has 1 aliphatic rings. The maximum Gasteiger partial charge on any atom is 0.281 e. The second-order valence-electron chi connectivity index (χ2n) is 5.73. The number of oxime groups is 1. The monoisotopic (exact) mass is 429 g/mol. The van der Waals surface area contributed by atoms with Crippen molar-refractivity contribution in [3.8, 4) is 0 Å². The average molecular weight is 430 g/mol.